The molecule has 2 rings (SSSR count). The topological polar surface area (TPSA) is 75.4 Å². The van der Waals surface area contributed by atoms with Gasteiger partial charge in [0.1, 0.15) is 5.54 Å². The van der Waals surface area contributed by atoms with E-state index in [9.17, 15) is 9.90 Å². The number of carbonyl (C=O) groups excluding carboxylic acids is 1. The highest BCUT2D eigenvalue weighted by Gasteiger charge is 2.36. The molecule has 1 aliphatic carbocycles. The summed E-state index contributed by atoms with van der Waals surface area (Å²) in [6, 6.07) is 7.50. The van der Waals surface area contributed by atoms with Crippen LogP contribution in [0.5, 0.6) is 0 Å². The molecule has 130 valence electrons. The van der Waals surface area contributed by atoms with Gasteiger partial charge in [-0.1, -0.05) is 40.9 Å². The van der Waals surface area contributed by atoms with Gasteiger partial charge in [-0.05, 0) is 49.3 Å². The summed E-state index contributed by atoms with van der Waals surface area (Å²) in [4.78, 5) is 12.5. The Labute approximate surface area is 152 Å². The van der Waals surface area contributed by atoms with Gasteiger partial charge in [-0.25, -0.2) is 0 Å². The van der Waals surface area contributed by atoms with Crippen molar-refractivity contribution in [1.29, 1.82) is 0 Å². The fourth-order valence-corrected chi connectivity index (χ4v) is 3.52. The first-order valence-electron chi connectivity index (χ1n) is 7.84. The highest BCUT2D eigenvalue weighted by Crippen LogP contribution is 2.40. The van der Waals surface area contributed by atoms with Crippen LogP contribution in [0.3, 0.4) is 0 Å². The van der Waals surface area contributed by atoms with E-state index in [4.69, 9.17) is 5.73 Å². The van der Waals surface area contributed by atoms with Crippen LogP contribution in [0.4, 0.5) is 0 Å². The molecule has 4 N–H and O–H groups in total. The fraction of sp³-hybridized carbons (Fsp3) is 0.588. The van der Waals surface area contributed by atoms with Crippen molar-refractivity contribution in [3.05, 3.63) is 34.3 Å². The number of rotatable bonds is 6. The Kier molecular flexibility index (Phi) is 7.52. The van der Waals surface area contributed by atoms with Crippen LogP contribution >= 0.6 is 28.3 Å². The van der Waals surface area contributed by atoms with Crippen molar-refractivity contribution in [3.8, 4) is 0 Å². The second-order valence-corrected chi connectivity index (χ2v) is 7.49. The van der Waals surface area contributed by atoms with Crippen molar-refractivity contribution in [2.75, 3.05) is 13.2 Å². The summed E-state index contributed by atoms with van der Waals surface area (Å²) >= 11 is 3.38. The number of benzene rings is 1. The summed E-state index contributed by atoms with van der Waals surface area (Å²) in [6.07, 6.45) is 5.21. The fourth-order valence-electron chi connectivity index (χ4n) is 3.26. The van der Waals surface area contributed by atoms with E-state index < -0.39 is 5.54 Å². The molecule has 23 heavy (non-hydrogen) atoms. The number of hydrogen-bond acceptors (Lipinski definition) is 3. The van der Waals surface area contributed by atoms with Gasteiger partial charge >= 0.3 is 0 Å². The van der Waals surface area contributed by atoms with Crippen LogP contribution in [0, 0.1) is 5.41 Å². The third kappa shape index (κ3) is 4.92. The quantitative estimate of drug-likeness (QED) is 0.680. The number of aliphatic hydroxyl groups is 1. The average Bonchev–Trinajstić information content (AvgIpc) is 2.94. The van der Waals surface area contributed by atoms with Crippen LogP contribution in [0.15, 0.2) is 28.7 Å². The lowest BCUT2D eigenvalue weighted by Crippen LogP contribution is -2.51. The molecule has 1 unspecified atom stereocenters. The summed E-state index contributed by atoms with van der Waals surface area (Å²) in [5.41, 5.74) is 6.03. The van der Waals surface area contributed by atoms with E-state index in [1.165, 1.54) is 12.8 Å². The summed E-state index contributed by atoms with van der Waals surface area (Å²) in [5, 5.41) is 12.3. The molecule has 1 aromatic rings. The number of halogens is 2. The van der Waals surface area contributed by atoms with E-state index in [0.29, 0.717) is 6.54 Å². The molecule has 0 heterocycles. The van der Waals surface area contributed by atoms with Crippen LogP contribution in [0.1, 0.15) is 44.6 Å². The molecule has 0 saturated heterocycles. The molecular weight excluding hydrogens is 380 g/mol. The van der Waals surface area contributed by atoms with Gasteiger partial charge in [0.2, 0.25) is 5.91 Å². The Bertz CT molecular complexity index is 514. The summed E-state index contributed by atoms with van der Waals surface area (Å²) in [6.45, 7) is 2.50. The van der Waals surface area contributed by atoms with Gasteiger partial charge in [-0.2, -0.15) is 0 Å². The minimum Gasteiger partial charge on any atom is -0.396 e. The largest absolute Gasteiger partial charge is 0.396 e. The van der Waals surface area contributed by atoms with E-state index >= 15 is 0 Å². The maximum Gasteiger partial charge on any atom is 0.244 e. The third-order valence-corrected chi connectivity index (χ3v) is 5.37. The molecule has 0 bridgehead atoms. The lowest BCUT2D eigenvalue weighted by atomic mass is 9.82. The van der Waals surface area contributed by atoms with E-state index in [-0.39, 0.29) is 30.3 Å². The number of nitrogens with one attached hydrogen (secondary N) is 1. The minimum atomic E-state index is -1.06. The average molecular weight is 406 g/mol. The molecule has 1 fully saturated rings. The van der Waals surface area contributed by atoms with Crippen molar-refractivity contribution in [1.82, 2.24) is 5.32 Å². The minimum absolute atomic E-state index is 0. The van der Waals surface area contributed by atoms with Gasteiger partial charge < -0.3 is 16.2 Å². The van der Waals surface area contributed by atoms with Gasteiger partial charge in [0.25, 0.3) is 0 Å². The number of aliphatic hydroxyl groups excluding tert-OH is 1. The number of carbonyl (C=O) groups is 1. The summed E-state index contributed by atoms with van der Waals surface area (Å²) in [5.74, 6) is -0.168. The van der Waals surface area contributed by atoms with E-state index in [1.807, 2.05) is 24.3 Å². The molecular formula is C17H26BrClN2O2. The van der Waals surface area contributed by atoms with E-state index in [1.54, 1.807) is 6.92 Å². The molecule has 1 aliphatic rings. The molecule has 1 saturated carbocycles. The molecule has 1 amide bonds. The van der Waals surface area contributed by atoms with Gasteiger partial charge in [-0.3, -0.25) is 4.79 Å². The summed E-state index contributed by atoms with van der Waals surface area (Å²) in [7, 11) is 0. The zero-order chi connectivity index (χ0) is 16.2. The predicted molar refractivity (Wildman–Crippen MR) is 98.5 cm³/mol. The van der Waals surface area contributed by atoms with Gasteiger partial charge in [0.15, 0.2) is 0 Å². The molecule has 0 aromatic heterocycles. The smallest absolute Gasteiger partial charge is 0.244 e. The lowest BCUT2D eigenvalue weighted by molar-refractivity contribution is -0.126. The number of hydrogen-bond donors (Lipinski definition) is 3. The molecule has 6 heteroatoms. The zero-order valence-electron chi connectivity index (χ0n) is 13.5. The lowest BCUT2D eigenvalue weighted by Gasteiger charge is -2.31. The van der Waals surface area contributed by atoms with Crippen LogP contribution < -0.4 is 11.1 Å². The first-order chi connectivity index (χ1) is 10.4. The molecule has 4 nitrogen and oxygen atoms in total. The SMILES string of the molecule is CC(N)(C(=O)NCC1(CCO)CCCC1)c1ccc(Br)cc1.Cl. The predicted octanol–water partition coefficient (Wildman–Crippen LogP) is 3.10. The van der Waals surface area contributed by atoms with Crippen LogP contribution in [0.25, 0.3) is 0 Å². The normalized spacial score (nSPS) is 18.8. The van der Waals surface area contributed by atoms with Gasteiger partial charge in [-0.15, -0.1) is 12.4 Å². The molecule has 0 radical (unpaired) electrons. The first kappa shape index (κ1) is 20.4. The maximum absolute atomic E-state index is 12.5. The second kappa shape index (κ2) is 8.47. The van der Waals surface area contributed by atoms with Crippen LogP contribution in [-0.4, -0.2) is 24.2 Å². The third-order valence-electron chi connectivity index (χ3n) is 4.85. The van der Waals surface area contributed by atoms with Crippen molar-refractivity contribution in [2.24, 2.45) is 11.1 Å². The van der Waals surface area contributed by atoms with Gasteiger partial charge in [0, 0.05) is 17.6 Å². The zero-order valence-corrected chi connectivity index (χ0v) is 15.9. The molecule has 0 spiro atoms. The van der Waals surface area contributed by atoms with Crippen molar-refractivity contribution in [3.63, 3.8) is 0 Å². The van der Waals surface area contributed by atoms with Gasteiger partial charge in [0.05, 0.1) is 0 Å². The second-order valence-electron chi connectivity index (χ2n) is 6.57. The number of nitrogens with two attached hydrogens (primary N) is 1. The molecule has 1 aromatic carbocycles. The first-order valence-corrected chi connectivity index (χ1v) is 8.63. The van der Waals surface area contributed by atoms with Crippen molar-refractivity contribution < 1.29 is 9.90 Å². The van der Waals surface area contributed by atoms with Crippen LogP contribution in [0.2, 0.25) is 0 Å². The number of amides is 1. The highest BCUT2D eigenvalue weighted by molar-refractivity contribution is 9.10. The Morgan fingerprint density at radius 3 is 2.43 bits per heavy atom. The van der Waals surface area contributed by atoms with Crippen molar-refractivity contribution >= 4 is 34.2 Å². The Morgan fingerprint density at radius 1 is 1.35 bits per heavy atom. The monoisotopic (exact) mass is 404 g/mol. The Balaban J connectivity index is 0.00000264. The van der Waals surface area contributed by atoms with E-state index in [2.05, 4.69) is 21.2 Å². The summed E-state index contributed by atoms with van der Waals surface area (Å²) < 4.78 is 0.959. The Hall–Kier alpha value is -0.620. The van der Waals surface area contributed by atoms with Crippen LogP contribution in [-0.2, 0) is 10.3 Å². The van der Waals surface area contributed by atoms with E-state index in [0.717, 1.165) is 29.3 Å². The standard InChI is InChI=1S/C17H25BrN2O2.ClH/c1-16(19,13-4-6-14(18)7-5-13)15(22)20-12-17(10-11-21)8-2-3-9-17;/h4-7,21H,2-3,8-12,19H2,1H3,(H,20,22);1H. The van der Waals surface area contributed by atoms with Crippen molar-refractivity contribution in [2.45, 2.75) is 44.6 Å². The maximum atomic E-state index is 12.5. The highest BCUT2D eigenvalue weighted by atomic mass is 79.9. The Morgan fingerprint density at radius 2 is 1.91 bits per heavy atom. The molecule has 1 atom stereocenters. The molecule has 0 aliphatic heterocycles.